The largest absolute Gasteiger partial charge is 0.485 e. The minimum absolute atomic E-state index is 0.0287. The number of fused-ring (bicyclic) bond motifs is 1. The molecule has 150 valence electrons. The van der Waals surface area contributed by atoms with Crippen LogP contribution < -0.4 is 11.3 Å². The molecule has 0 aliphatic carbocycles. The van der Waals surface area contributed by atoms with Gasteiger partial charge >= 0.3 is 15.6 Å². The highest BCUT2D eigenvalue weighted by Crippen LogP contribution is 2.62. The number of aliphatic hydroxyl groups excluding tert-OH is 1. The van der Waals surface area contributed by atoms with Crippen LogP contribution in [0.2, 0.25) is 0 Å². The van der Waals surface area contributed by atoms with Gasteiger partial charge in [0.15, 0.2) is 17.5 Å². The highest BCUT2D eigenvalue weighted by atomic mass is 31.3. The summed E-state index contributed by atoms with van der Waals surface area (Å²) in [6.45, 7) is 0. The maximum atomic E-state index is 12.2. The number of ether oxygens (including phenoxy) is 1. The van der Waals surface area contributed by atoms with Crippen molar-refractivity contribution in [3.63, 3.8) is 0 Å². The third-order valence-electron chi connectivity index (χ3n) is 3.47. The molecular formula is C10H15N5O10P2. The molecule has 0 bridgehead atoms. The quantitative estimate of drug-likeness (QED) is 0.356. The van der Waals surface area contributed by atoms with Crippen LogP contribution in [-0.2, 0) is 27.2 Å². The lowest BCUT2D eigenvalue weighted by atomic mass is 10.3. The maximum absolute atomic E-state index is 12.2. The van der Waals surface area contributed by atoms with Crippen LogP contribution in [0.5, 0.6) is 0 Å². The molecule has 1 saturated heterocycles. The summed E-state index contributed by atoms with van der Waals surface area (Å²) in [5.74, 6) is -0.167. The van der Waals surface area contributed by atoms with Crippen LogP contribution in [0.3, 0.4) is 0 Å². The van der Waals surface area contributed by atoms with Gasteiger partial charge in [-0.25, -0.2) is 14.1 Å². The van der Waals surface area contributed by atoms with Crippen molar-refractivity contribution in [1.82, 2.24) is 19.5 Å². The molecule has 15 nitrogen and oxygen atoms in total. The SMILES string of the molecule is COP(=O)(OC1OC(n2cnc3c(=O)[nH]c(N)nc32)CC1O)OP(=O)(O)O. The summed E-state index contributed by atoms with van der Waals surface area (Å²) in [7, 11) is -9.12. The first-order valence-corrected chi connectivity index (χ1v) is 10.2. The van der Waals surface area contributed by atoms with Crippen LogP contribution in [0.15, 0.2) is 11.1 Å². The van der Waals surface area contributed by atoms with E-state index in [1.807, 2.05) is 0 Å². The molecule has 27 heavy (non-hydrogen) atoms. The molecule has 17 heteroatoms. The van der Waals surface area contributed by atoms with Gasteiger partial charge in [0.1, 0.15) is 12.3 Å². The number of nitrogen functional groups attached to an aromatic ring is 1. The minimum atomic E-state index is -5.21. The lowest BCUT2D eigenvalue weighted by molar-refractivity contribution is -0.134. The van der Waals surface area contributed by atoms with Gasteiger partial charge in [-0.05, 0) is 0 Å². The Morgan fingerprint density at radius 2 is 2.15 bits per heavy atom. The summed E-state index contributed by atoms with van der Waals surface area (Å²) in [6, 6.07) is 0. The molecule has 6 N–H and O–H groups in total. The predicted molar refractivity (Wildman–Crippen MR) is 85.9 cm³/mol. The molecule has 3 heterocycles. The number of aliphatic hydroxyl groups is 1. The number of nitrogens with one attached hydrogen (secondary N) is 1. The molecule has 1 aliphatic heterocycles. The number of aromatic amines is 1. The number of nitrogens with two attached hydrogens (primary N) is 1. The predicted octanol–water partition coefficient (Wildman–Crippen LogP) is -0.812. The molecule has 0 aromatic carbocycles. The van der Waals surface area contributed by atoms with Crippen molar-refractivity contribution in [1.29, 1.82) is 0 Å². The normalized spacial score (nSPS) is 25.7. The number of rotatable bonds is 6. The van der Waals surface area contributed by atoms with Crippen molar-refractivity contribution in [2.45, 2.75) is 25.0 Å². The summed E-state index contributed by atoms with van der Waals surface area (Å²) < 4.78 is 42.9. The van der Waals surface area contributed by atoms with Crippen molar-refractivity contribution in [3.8, 4) is 0 Å². The Bertz CT molecular complexity index is 1000. The second kappa shape index (κ2) is 7.05. The van der Waals surface area contributed by atoms with E-state index in [1.165, 1.54) is 10.9 Å². The third-order valence-corrected chi connectivity index (χ3v) is 6.04. The zero-order valence-corrected chi connectivity index (χ0v) is 15.3. The van der Waals surface area contributed by atoms with Crippen molar-refractivity contribution in [2.24, 2.45) is 0 Å². The fraction of sp³-hybridized carbons (Fsp3) is 0.500. The van der Waals surface area contributed by atoms with Gasteiger partial charge in [-0.15, -0.1) is 0 Å². The number of imidazole rings is 1. The summed E-state index contributed by atoms with van der Waals surface area (Å²) >= 11 is 0. The highest BCUT2D eigenvalue weighted by molar-refractivity contribution is 7.61. The summed E-state index contributed by atoms with van der Waals surface area (Å²) in [5.41, 5.74) is 4.95. The average Bonchev–Trinajstić information content (AvgIpc) is 3.09. The Morgan fingerprint density at radius 3 is 2.78 bits per heavy atom. The Morgan fingerprint density at radius 1 is 1.44 bits per heavy atom. The van der Waals surface area contributed by atoms with Gasteiger partial charge in [0.25, 0.3) is 5.56 Å². The van der Waals surface area contributed by atoms with Gasteiger partial charge < -0.3 is 25.4 Å². The van der Waals surface area contributed by atoms with Crippen LogP contribution >= 0.6 is 15.6 Å². The molecule has 1 fully saturated rings. The van der Waals surface area contributed by atoms with Crippen LogP contribution in [0.1, 0.15) is 12.6 Å². The number of phosphoric ester groups is 1. The molecule has 2 aromatic heterocycles. The van der Waals surface area contributed by atoms with E-state index in [2.05, 4.69) is 23.8 Å². The smallest absolute Gasteiger partial charge is 0.388 e. The molecule has 1 aliphatic rings. The van der Waals surface area contributed by atoms with E-state index in [0.29, 0.717) is 0 Å². The van der Waals surface area contributed by atoms with Crippen molar-refractivity contribution in [2.75, 3.05) is 12.8 Å². The van der Waals surface area contributed by atoms with E-state index in [9.17, 15) is 19.0 Å². The van der Waals surface area contributed by atoms with Crippen molar-refractivity contribution < 1.29 is 42.1 Å². The van der Waals surface area contributed by atoms with Gasteiger partial charge in [-0.1, -0.05) is 0 Å². The fourth-order valence-electron chi connectivity index (χ4n) is 2.40. The first-order valence-electron chi connectivity index (χ1n) is 7.18. The van der Waals surface area contributed by atoms with Gasteiger partial charge in [-0.3, -0.25) is 23.4 Å². The van der Waals surface area contributed by atoms with Gasteiger partial charge in [0, 0.05) is 13.5 Å². The van der Waals surface area contributed by atoms with Crippen LogP contribution in [0.25, 0.3) is 11.2 Å². The van der Waals surface area contributed by atoms with E-state index in [4.69, 9.17) is 24.8 Å². The summed E-state index contributed by atoms with van der Waals surface area (Å²) in [6.07, 6.45) is -2.87. The number of hydrogen-bond donors (Lipinski definition) is 5. The van der Waals surface area contributed by atoms with E-state index in [0.717, 1.165) is 7.11 Å². The Labute approximate surface area is 149 Å². The first-order chi connectivity index (χ1) is 12.5. The first kappa shape index (κ1) is 20.1. The highest BCUT2D eigenvalue weighted by Gasteiger charge is 2.44. The minimum Gasteiger partial charge on any atom is -0.388 e. The molecular weight excluding hydrogens is 412 g/mol. The third kappa shape index (κ3) is 4.27. The molecule has 0 amide bonds. The Hall–Kier alpha value is -1.67. The van der Waals surface area contributed by atoms with Gasteiger partial charge in [0.2, 0.25) is 5.95 Å². The maximum Gasteiger partial charge on any atom is 0.485 e. The second-order valence-corrected chi connectivity index (χ2v) is 8.45. The van der Waals surface area contributed by atoms with Crippen LogP contribution in [0.4, 0.5) is 5.95 Å². The molecule has 2 aromatic rings. The molecule has 0 radical (unpaired) electrons. The number of phosphoric acid groups is 2. The fourth-order valence-corrected chi connectivity index (χ4v) is 4.39. The number of hydrogen-bond acceptors (Lipinski definition) is 11. The van der Waals surface area contributed by atoms with Crippen LogP contribution in [0, 0.1) is 0 Å². The molecule has 0 saturated carbocycles. The monoisotopic (exact) mass is 427 g/mol. The Balaban J connectivity index is 1.84. The van der Waals surface area contributed by atoms with Gasteiger partial charge in [0.05, 0.1) is 6.33 Å². The van der Waals surface area contributed by atoms with Crippen molar-refractivity contribution >= 4 is 32.8 Å². The molecule has 0 spiro atoms. The molecule has 4 atom stereocenters. The van der Waals surface area contributed by atoms with E-state index in [-0.39, 0.29) is 23.5 Å². The van der Waals surface area contributed by atoms with Crippen LogP contribution in [-0.4, -0.2) is 53.9 Å². The number of anilines is 1. The Kier molecular flexibility index (Phi) is 5.24. The zero-order valence-electron chi connectivity index (χ0n) is 13.5. The molecule has 3 rings (SSSR count). The van der Waals surface area contributed by atoms with E-state index in [1.54, 1.807) is 0 Å². The van der Waals surface area contributed by atoms with E-state index < -0.39 is 39.8 Å². The second-order valence-electron chi connectivity index (χ2n) is 5.34. The van der Waals surface area contributed by atoms with E-state index >= 15 is 0 Å². The topological polar surface area (TPSA) is 221 Å². The molecule has 4 unspecified atom stereocenters. The lowest BCUT2D eigenvalue weighted by Gasteiger charge is -2.21. The number of H-pyrrole nitrogens is 1. The lowest BCUT2D eigenvalue weighted by Crippen LogP contribution is -2.23. The zero-order chi connectivity index (χ0) is 20.0. The standard InChI is InChI=1S/C10H15N5O10P2/c1-22-27(21,25-26(18,19)20)24-9-4(16)2-5(23-9)15-3-12-6-7(15)13-10(11)14-8(6)17/h3-5,9,16H,2H2,1H3,(H2,18,19,20)(H3,11,13,14,17). The number of nitrogens with zero attached hydrogens (tertiary/aromatic N) is 3. The van der Waals surface area contributed by atoms with Crippen molar-refractivity contribution in [3.05, 3.63) is 16.7 Å². The number of aromatic nitrogens is 4. The van der Waals surface area contributed by atoms with Gasteiger partial charge in [-0.2, -0.15) is 9.29 Å². The average molecular weight is 427 g/mol. The summed E-state index contributed by atoms with van der Waals surface area (Å²) in [5, 5.41) is 10.1. The summed E-state index contributed by atoms with van der Waals surface area (Å²) in [4.78, 5) is 39.5.